The van der Waals surface area contributed by atoms with Crippen LogP contribution in [0.25, 0.3) is 0 Å². The molecule has 0 spiro atoms. The minimum absolute atomic E-state index is 0.511. The van der Waals surface area contributed by atoms with Crippen LogP contribution in [-0.4, -0.2) is 0 Å². The van der Waals surface area contributed by atoms with Gasteiger partial charge in [-0.1, -0.05) is 57.9 Å². The van der Waals surface area contributed by atoms with E-state index in [1.165, 1.54) is 0 Å². The van der Waals surface area contributed by atoms with Crippen molar-refractivity contribution >= 4 is 33.2 Å². The molecule has 0 unspecified atom stereocenters. The smallest absolute Gasteiger partial charge is 0.124 e. The summed E-state index contributed by atoms with van der Waals surface area (Å²) in [5, 5.41) is 4.15. The fraction of sp³-hybridized carbons (Fsp3) is 0.100. The zero-order valence-corrected chi connectivity index (χ0v) is 15.3. The quantitative estimate of drug-likeness (QED) is 0.523. The molecule has 0 aliphatic rings. The van der Waals surface area contributed by atoms with Crippen LogP contribution >= 0.6 is 27.5 Å². The van der Waals surface area contributed by atoms with E-state index in [0.29, 0.717) is 13.2 Å². The summed E-state index contributed by atoms with van der Waals surface area (Å²) in [4.78, 5) is 0. The van der Waals surface area contributed by atoms with Gasteiger partial charge in [-0.15, -0.1) is 0 Å². The Bertz CT molecular complexity index is 790. The maximum absolute atomic E-state index is 6.00. The van der Waals surface area contributed by atoms with Crippen molar-refractivity contribution in [2.75, 3.05) is 5.32 Å². The number of ether oxygens (including phenoxy) is 1. The Kier molecular flexibility index (Phi) is 5.78. The Labute approximate surface area is 155 Å². The summed E-state index contributed by atoms with van der Waals surface area (Å²) >= 11 is 9.45. The Morgan fingerprint density at radius 1 is 0.917 bits per heavy atom. The average Bonchev–Trinajstić information content (AvgIpc) is 2.61. The van der Waals surface area contributed by atoms with Crippen LogP contribution < -0.4 is 10.1 Å². The van der Waals surface area contributed by atoms with E-state index < -0.39 is 0 Å². The fourth-order valence-electron chi connectivity index (χ4n) is 2.32. The van der Waals surface area contributed by atoms with Gasteiger partial charge in [0.15, 0.2) is 0 Å². The molecular weight excluding hydrogens is 386 g/mol. The molecule has 3 rings (SSSR count). The predicted octanol–water partition coefficient (Wildman–Crippen LogP) is 6.29. The maximum Gasteiger partial charge on any atom is 0.124 e. The normalized spacial score (nSPS) is 10.4. The monoisotopic (exact) mass is 401 g/mol. The minimum atomic E-state index is 0.511. The van der Waals surface area contributed by atoms with Gasteiger partial charge in [0.2, 0.25) is 0 Å². The molecule has 0 heterocycles. The molecule has 4 heteroatoms. The van der Waals surface area contributed by atoms with Gasteiger partial charge in [-0.25, -0.2) is 0 Å². The number of anilines is 1. The lowest BCUT2D eigenvalue weighted by molar-refractivity contribution is 0.303. The lowest BCUT2D eigenvalue weighted by Gasteiger charge is -2.14. The largest absolute Gasteiger partial charge is 0.489 e. The molecule has 0 atom stereocenters. The highest BCUT2D eigenvalue weighted by atomic mass is 79.9. The molecule has 0 aliphatic carbocycles. The van der Waals surface area contributed by atoms with E-state index in [-0.39, 0.29) is 0 Å². The summed E-state index contributed by atoms with van der Waals surface area (Å²) in [6.07, 6.45) is 0. The predicted molar refractivity (Wildman–Crippen MR) is 104 cm³/mol. The van der Waals surface area contributed by atoms with Crippen LogP contribution in [-0.2, 0) is 13.2 Å². The van der Waals surface area contributed by atoms with Gasteiger partial charge in [0, 0.05) is 27.3 Å². The van der Waals surface area contributed by atoms with Crippen LogP contribution in [0.15, 0.2) is 77.3 Å². The maximum atomic E-state index is 6.00. The number of benzene rings is 3. The number of nitrogens with one attached hydrogen (secondary N) is 1. The summed E-state index contributed by atoms with van der Waals surface area (Å²) in [5.74, 6) is 0.872. The van der Waals surface area contributed by atoms with Crippen molar-refractivity contribution in [3.8, 4) is 5.75 Å². The highest BCUT2D eigenvalue weighted by Gasteiger charge is 2.06. The van der Waals surface area contributed by atoms with Crippen LogP contribution in [0.5, 0.6) is 5.75 Å². The molecule has 24 heavy (non-hydrogen) atoms. The van der Waals surface area contributed by atoms with Gasteiger partial charge in [0.1, 0.15) is 12.4 Å². The lowest BCUT2D eigenvalue weighted by atomic mass is 10.2. The Morgan fingerprint density at radius 2 is 1.67 bits per heavy atom. The molecule has 0 fully saturated rings. The highest BCUT2D eigenvalue weighted by Crippen LogP contribution is 2.25. The second-order valence-electron chi connectivity index (χ2n) is 5.39. The van der Waals surface area contributed by atoms with Crippen LogP contribution in [0.2, 0.25) is 5.02 Å². The van der Waals surface area contributed by atoms with Crippen molar-refractivity contribution in [3.63, 3.8) is 0 Å². The highest BCUT2D eigenvalue weighted by molar-refractivity contribution is 9.10. The van der Waals surface area contributed by atoms with E-state index in [1.54, 1.807) is 0 Å². The molecular formula is C20H17BrClNO. The summed E-state index contributed by atoms with van der Waals surface area (Å²) in [6, 6.07) is 23.9. The standard InChI is InChI=1S/C20H17BrClNO/c21-17-8-11-20(24-14-15-6-9-18(22)10-7-15)16(12-17)13-23-19-4-2-1-3-5-19/h1-12,23H,13-14H2. The molecule has 1 N–H and O–H groups in total. The van der Waals surface area contributed by atoms with Gasteiger partial charge in [0.05, 0.1) is 0 Å². The average molecular weight is 403 g/mol. The van der Waals surface area contributed by atoms with Crippen LogP contribution in [0.3, 0.4) is 0 Å². The van der Waals surface area contributed by atoms with Crippen molar-refractivity contribution in [2.45, 2.75) is 13.2 Å². The van der Waals surface area contributed by atoms with E-state index in [9.17, 15) is 0 Å². The first-order valence-electron chi connectivity index (χ1n) is 7.65. The van der Waals surface area contributed by atoms with E-state index in [1.807, 2.05) is 66.7 Å². The van der Waals surface area contributed by atoms with Crippen LogP contribution in [0, 0.1) is 0 Å². The molecule has 0 aliphatic heterocycles. The Hall–Kier alpha value is -1.97. The fourth-order valence-corrected chi connectivity index (χ4v) is 2.86. The minimum Gasteiger partial charge on any atom is -0.489 e. The number of hydrogen-bond acceptors (Lipinski definition) is 2. The molecule has 0 bridgehead atoms. The number of halogens is 2. The zero-order chi connectivity index (χ0) is 16.8. The topological polar surface area (TPSA) is 21.3 Å². The second-order valence-corrected chi connectivity index (χ2v) is 6.74. The van der Waals surface area contributed by atoms with E-state index in [2.05, 4.69) is 27.3 Å². The van der Waals surface area contributed by atoms with Crippen molar-refractivity contribution in [3.05, 3.63) is 93.4 Å². The van der Waals surface area contributed by atoms with E-state index in [0.717, 1.165) is 32.1 Å². The van der Waals surface area contributed by atoms with Crippen LogP contribution in [0.4, 0.5) is 5.69 Å². The third-order valence-corrected chi connectivity index (χ3v) is 4.33. The molecule has 0 aromatic heterocycles. The third-order valence-electron chi connectivity index (χ3n) is 3.59. The van der Waals surface area contributed by atoms with Gasteiger partial charge >= 0.3 is 0 Å². The van der Waals surface area contributed by atoms with E-state index >= 15 is 0 Å². The SMILES string of the molecule is Clc1ccc(COc2ccc(Br)cc2CNc2ccccc2)cc1. The van der Waals surface area contributed by atoms with Gasteiger partial charge < -0.3 is 10.1 Å². The second kappa shape index (κ2) is 8.22. The lowest BCUT2D eigenvalue weighted by Crippen LogP contribution is -2.03. The van der Waals surface area contributed by atoms with Crippen molar-refractivity contribution < 1.29 is 4.74 Å². The molecule has 3 aromatic rings. The van der Waals surface area contributed by atoms with Crippen molar-refractivity contribution in [1.82, 2.24) is 0 Å². The Morgan fingerprint density at radius 3 is 2.42 bits per heavy atom. The summed E-state index contributed by atoms with van der Waals surface area (Å²) in [7, 11) is 0. The van der Waals surface area contributed by atoms with Gasteiger partial charge in [-0.05, 0) is 48.0 Å². The first-order valence-corrected chi connectivity index (χ1v) is 8.82. The first kappa shape index (κ1) is 16.9. The van der Waals surface area contributed by atoms with Gasteiger partial charge in [-0.2, -0.15) is 0 Å². The van der Waals surface area contributed by atoms with Crippen molar-refractivity contribution in [2.24, 2.45) is 0 Å². The van der Waals surface area contributed by atoms with E-state index in [4.69, 9.17) is 16.3 Å². The first-order chi connectivity index (χ1) is 11.7. The third kappa shape index (κ3) is 4.76. The molecule has 122 valence electrons. The van der Waals surface area contributed by atoms with Gasteiger partial charge in [0.25, 0.3) is 0 Å². The summed E-state index contributed by atoms with van der Waals surface area (Å²) < 4.78 is 7.04. The molecule has 2 nitrogen and oxygen atoms in total. The number of rotatable bonds is 6. The Balaban J connectivity index is 1.69. The number of hydrogen-bond donors (Lipinski definition) is 1. The molecule has 0 saturated carbocycles. The summed E-state index contributed by atoms with van der Waals surface area (Å²) in [5.41, 5.74) is 3.27. The zero-order valence-electron chi connectivity index (χ0n) is 13.0. The molecule has 0 radical (unpaired) electrons. The molecule has 3 aromatic carbocycles. The van der Waals surface area contributed by atoms with Crippen LogP contribution in [0.1, 0.15) is 11.1 Å². The summed E-state index contributed by atoms with van der Waals surface area (Å²) in [6.45, 7) is 1.20. The number of para-hydroxylation sites is 1. The van der Waals surface area contributed by atoms with Gasteiger partial charge in [-0.3, -0.25) is 0 Å². The van der Waals surface area contributed by atoms with Crippen molar-refractivity contribution in [1.29, 1.82) is 0 Å². The molecule has 0 saturated heterocycles. The molecule has 0 amide bonds.